The molecule has 2 saturated heterocycles. The van der Waals surface area contributed by atoms with Gasteiger partial charge >= 0.3 is 0 Å². The van der Waals surface area contributed by atoms with Crippen LogP contribution in [0.3, 0.4) is 0 Å². The maximum atomic E-state index is 12.2. The molecule has 0 aromatic carbocycles. The highest BCUT2D eigenvalue weighted by Crippen LogP contribution is 2.40. The van der Waals surface area contributed by atoms with Gasteiger partial charge < -0.3 is 14.2 Å². The lowest BCUT2D eigenvalue weighted by atomic mass is 9.77. The van der Waals surface area contributed by atoms with E-state index in [1.807, 2.05) is 22.9 Å². The smallest absolute Gasteiger partial charge is 0.246 e. The maximum absolute atomic E-state index is 12.2. The van der Waals surface area contributed by atoms with Crippen molar-refractivity contribution in [3.63, 3.8) is 0 Å². The normalized spacial score (nSPS) is 21.7. The third kappa shape index (κ3) is 2.60. The van der Waals surface area contributed by atoms with Crippen LogP contribution in [-0.2, 0) is 9.59 Å². The highest BCUT2D eigenvalue weighted by Gasteiger charge is 2.47. The summed E-state index contributed by atoms with van der Waals surface area (Å²) in [5.74, 6) is 0.258. The number of nitrogens with zero attached hydrogens (tertiary/aromatic N) is 2. The van der Waals surface area contributed by atoms with E-state index in [0.717, 1.165) is 31.4 Å². The Morgan fingerprint density at radius 1 is 1.29 bits per heavy atom. The van der Waals surface area contributed by atoms with Gasteiger partial charge in [-0.1, -0.05) is 0 Å². The number of furan rings is 1. The van der Waals surface area contributed by atoms with Crippen LogP contribution < -0.4 is 0 Å². The van der Waals surface area contributed by atoms with Crippen molar-refractivity contribution in [3.8, 4) is 0 Å². The van der Waals surface area contributed by atoms with Gasteiger partial charge in [-0.2, -0.15) is 0 Å². The molecule has 2 amide bonds. The summed E-state index contributed by atoms with van der Waals surface area (Å²) in [7, 11) is 1.86. The predicted molar refractivity (Wildman–Crippen MR) is 78.2 cm³/mol. The van der Waals surface area contributed by atoms with Gasteiger partial charge in [-0.15, -0.1) is 0 Å². The van der Waals surface area contributed by atoms with Crippen molar-refractivity contribution < 1.29 is 14.0 Å². The lowest BCUT2D eigenvalue weighted by Crippen LogP contribution is -2.45. The SMILES string of the molecule is CN1CCC2(CCN(C(=O)/C=C/c3ccoc3)CC2)C1=O. The molecule has 5 nitrogen and oxygen atoms in total. The Morgan fingerprint density at radius 2 is 2.00 bits per heavy atom. The zero-order chi connectivity index (χ0) is 14.9. The third-order valence-electron chi connectivity index (χ3n) is 4.72. The van der Waals surface area contributed by atoms with E-state index in [1.165, 1.54) is 0 Å². The first-order valence-corrected chi connectivity index (χ1v) is 7.35. The Bertz CT molecular complexity index is 554. The summed E-state index contributed by atoms with van der Waals surface area (Å²) in [4.78, 5) is 28.0. The molecule has 0 radical (unpaired) electrons. The second-order valence-electron chi connectivity index (χ2n) is 5.97. The fourth-order valence-electron chi connectivity index (χ4n) is 3.26. The predicted octanol–water partition coefficient (Wildman–Crippen LogP) is 1.76. The zero-order valence-electron chi connectivity index (χ0n) is 12.2. The molecule has 0 saturated carbocycles. The fraction of sp³-hybridized carbons (Fsp3) is 0.500. The molecule has 112 valence electrons. The average molecular weight is 288 g/mol. The topological polar surface area (TPSA) is 53.8 Å². The fourth-order valence-corrected chi connectivity index (χ4v) is 3.26. The average Bonchev–Trinajstić information content (AvgIpc) is 3.11. The van der Waals surface area contributed by atoms with Crippen LogP contribution in [0.25, 0.3) is 6.08 Å². The van der Waals surface area contributed by atoms with Crippen LogP contribution in [0.15, 0.2) is 29.1 Å². The van der Waals surface area contributed by atoms with Gasteiger partial charge in [0.05, 0.1) is 17.9 Å². The number of hydrogen-bond acceptors (Lipinski definition) is 3. The van der Waals surface area contributed by atoms with Gasteiger partial charge in [0.25, 0.3) is 0 Å². The van der Waals surface area contributed by atoms with Gasteiger partial charge in [0.1, 0.15) is 0 Å². The van der Waals surface area contributed by atoms with Crippen molar-refractivity contribution in [2.75, 3.05) is 26.7 Å². The highest BCUT2D eigenvalue weighted by molar-refractivity contribution is 5.92. The van der Waals surface area contributed by atoms with Crippen LogP contribution in [0.1, 0.15) is 24.8 Å². The van der Waals surface area contributed by atoms with Gasteiger partial charge in [-0.25, -0.2) is 0 Å². The molecule has 1 aromatic rings. The van der Waals surface area contributed by atoms with Crippen molar-refractivity contribution in [3.05, 3.63) is 30.2 Å². The van der Waals surface area contributed by atoms with Gasteiger partial charge in [-0.05, 0) is 31.4 Å². The third-order valence-corrected chi connectivity index (χ3v) is 4.72. The van der Waals surface area contributed by atoms with E-state index in [0.29, 0.717) is 13.1 Å². The second kappa shape index (κ2) is 5.39. The van der Waals surface area contributed by atoms with Crippen molar-refractivity contribution in [1.82, 2.24) is 9.80 Å². The number of piperidine rings is 1. The molecule has 2 aliphatic heterocycles. The van der Waals surface area contributed by atoms with E-state index in [9.17, 15) is 9.59 Å². The first-order chi connectivity index (χ1) is 10.1. The van der Waals surface area contributed by atoms with E-state index in [2.05, 4.69) is 0 Å². The van der Waals surface area contributed by atoms with Gasteiger partial charge in [0.2, 0.25) is 11.8 Å². The Hall–Kier alpha value is -2.04. The largest absolute Gasteiger partial charge is 0.472 e. The summed E-state index contributed by atoms with van der Waals surface area (Å²) in [6, 6.07) is 1.81. The Morgan fingerprint density at radius 3 is 2.57 bits per heavy atom. The van der Waals surface area contributed by atoms with Crippen molar-refractivity contribution >= 4 is 17.9 Å². The quantitative estimate of drug-likeness (QED) is 0.779. The Labute approximate surface area is 124 Å². The molecule has 2 aliphatic rings. The molecule has 0 bridgehead atoms. The molecule has 0 unspecified atom stereocenters. The molecule has 0 atom stereocenters. The van der Waals surface area contributed by atoms with Crippen LogP contribution in [0.5, 0.6) is 0 Å². The summed E-state index contributed by atoms with van der Waals surface area (Å²) < 4.78 is 4.96. The molecule has 0 N–H and O–H groups in total. The summed E-state index contributed by atoms with van der Waals surface area (Å²) in [6.07, 6.45) is 8.99. The molecule has 1 spiro atoms. The molecule has 21 heavy (non-hydrogen) atoms. The van der Waals surface area contributed by atoms with Crippen LogP contribution in [0.2, 0.25) is 0 Å². The summed E-state index contributed by atoms with van der Waals surface area (Å²) in [6.45, 7) is 2.16. The van der Waals surface area contributed by atoms with E-state index in [1.54, 1.807) is 24.7 Å². The van der Waals surface area contributed by atoms with Gasteiger partial charge in [0.15, 0.2) is 0 Å². The number of likely N-dealkylation sites (tertiary alicyclic amines) is 2. The van der Waals surface area contributed by atoms with Crippen LogP contribution in [-0.4, -0.2) is 48.3 Å². The van der Waals surface area contributed by atoms with Gasteiger partial charge in [0, 0.05) is 38.3 Å². The van der Waals surface area contributed by atoms with Crippen LogP contribution >= 0.6 is 0 Å². The van der Waals surface area contributed by atoms with Crippen molar-refractivity contribution in [2.45, 2.75) is 19.3 Å². The minimum absolute atomic E-state index is 0.00449. The lowest BCUT2D eigenvalue weighted by molar-refractivity contribution is -0.140. The minimum atomic E-state index is -0.209. The second-order valence-corrected chi connectivity index (χ2v) is 5.97. The molecular formula is C16H20N2O3. The highest BCUT2D eigenvalue weighted by atomic mass is 16.3. The van der Waals surface area contributed by atoms with E-state index >= 15 is 0 Å². The standard InChI is InChI=1S/C16H20N2O3/c1-17-8-5-16(15(17)20)6-9-18(10-7-16)14(19)3-2-13-4-11-21-12-13/h2-4,11-12H,5-10H2,1H3/b3-2+. The number of carbonyl (C=O) groups excluding carboxylic acids is 2. The van der Waals surface area contributed by atoms with Gasteiger partial charge in [-0.3, -0.25) is 9.59 Å². The summed E-state index contributed by atoms with van der Waals surface area (Å²) >= 11 is 0. The number of amides is 2. The Balaban J connectivity index is 1.58. The van der Waals surface area contributed by atoms with Crippen molar-refractivity contribution in [1.29, 1.82) is 0 Å². The van der Waals surface area contributed by atoms with E-state index < -0.39 is 0 Å². The number of hydrogen-bond donors (Lipinski definition) is 0. The summed E-state index contributed by atoms with van der Waals surface area (Å²) in [5, 5.41) is 0. The minimum Gasteiger partial charge on any atom is -0.472 e. The number of rotatable bonds is 2. The molecule has 0 aliphatic carbocycles. The molecular weight excluding hydrogens is 268 g/mol. The molecule has 1 aromatic heterocycles. The number of carbonyl (C=O) groups is 2. The van der Waals surface area contributed by atoms with Crippen LogP contribution in [0, 0.1) is 5.41 Å². The zero-order valence-corrected chi connectivity index (χ0v) is 12.2. The van der Waals surface area contributed by atoms with E-state index in [-0.39, 0.29) is 17.2 Å². The van der Waals surface area contributed by atoms with Crippen LogP contribution in [0.4, 0.5) is 0 Å². The molecule has 3 heterocycles. The monoisotopic (exact) mass is 288 g/mol. The summed E-state index contributed by atoms with van der Waals surface area (Å²) in [5.41, 5.74) is 0.671. The lowest BCUT2D eigenvalue weighted by Gasteiger charge is -2.37. The molecule has 2 fully saturated rings. The molecule has 3 rings (SSSR count). The maximum Gasteiger partial charge on any atom is 0.246 e. The molecule has 5 heteroatoms. The first kappa shape index (κ1) is 13.9. The first-order valence-electron chi connectivity index (χ1n) is 7.35. The Kier molecular flexibility index (Phi) is 3.57. The van der Waals surface area contributed by atoms with Crippen molar-refractivity contribution in [2.24, 2.45) is 5.41 Å². The van der Waals surface area contributed by atoms with E-state index in [4.69, 9.17) is 4.42 Å².